The van der Waals surface area contributed by atoms with Crippen LogP contribution in [0.4, 0.5) is 0 Å². The van der Waals surface area contributed by atoms with E-state index >= 15 is 0 Å². The van der Waals surface area contributed by atoms with Gasteiger partial charge in [0.2, 0.25) is 5.79 Å². The minimum atomic E-state index is -2.77. The van der Waals surface area contributed by atoms with Gasteiger partial charge in [0, 0.05) is 63.3 Å². The number of ketones is 1. The van der Waals surface area contributed by atoms with Crippen LogP contribution in [0, 0.1) is 10.8 Å². The summed E-state index contributed by atoms with van der Waals surface area (Å²) in [6.07, 6.45) is 20.1. The maximum atomic E-state index is 14.2. The summed E-state index contributed by atoms with van der Waals surface area (Å²) >= 11 is 0. The minimum Gasteiger partial charge on any atom is -0.497 e. The molecule has 0 amide bonds. The Morgan fingerprint density at radius 2 is 0.855 bits per heavy atom. The molecule has 5 heterocycles. The van der Waals surface area contributed by atoms with E-state index in [1.54, 1.807) is 21.3 Å². The third-order valence-electron chi connectivity index (χ3n) is 29.9. The summed E-state index contributed by atoms with van der Waals surface area (Å²) in [5.74, 6) is 0.996. The SMILES string of the molecule is C=C1C[C@@H](CCO[Si](c2ccccc2)(c2ccccc2)C(C)(C)C)O[C@@H](/C=C/C(C)(C)C2=CCC[C@@H](C[C@@H](OCc3ccc(OC)cc3)[C@@H](C)OCOCc3ccccc3)O2)C1.C=C1C[C@H](C[C@@H]2CC(=C)C[C@H](/C=C/C(C)(C)[C@]3(OC)O[C@H](C[C@@H](O[Si](C)(C)C(C)(C)C)[C@@H](C)OCOCc4ccccc4)CCC3=O)O2)O[C@H](C[C@H](CCO[Si](c2ccccc2)(c2ccccc2)C(C)(C)C)OCc2ccc(OC)cc2)C1. The van der Waals surface area contributed by atoms with Crippen LogP contribution in [0.15, 0.2) is 303 Å². The third-order valence-corrected chi connectivity index (χ3v) is 44.5. The average Bonchev–Trinajstić information content (AvgIpc) is 0.752. The topological polar surface area (TPSA) is 174 Å². The normalized spacial score (nSPS) is 21.9. The second-order valence-electron chi connectivity index (χ2n) is 45.1. The molecule has 0 unspecified atom stereocenters. The van der Waals surface area contributed by atoms with E-state index in [9.17, 15) is 4.79 Å². The molecule has 18 nitrogen and oxygen atoms in total. The average molecular weight is 2030 g/mol. The Balaban J connectivity index is 0.000000269. The second kappa shape index (κ2) is 53.7. The van der Waals surface area contributed by atoms with Gasteiger partial charge in [-0.2, -0.15) is 0 Å². The van der Waals surface area contributed by atoms with Crippen molar-refractivity contribution in [2.45, 2.75) is 346 Å². The molecule has 8 aromatic carbocycles. The molecule has 5 aliphatic heterocycles. The number of allylic oxidation sites excluding steroid dienone is 2. The summed E-state index contributed by atoms with van der Waals surface area (Å²) in [7, 11) is -2.73. The number of hydrogen-bond donors (Lipinski definition) is 0. The first-order valence-electron chi connectivity index (χ1n) is 52.8. The van der Waals surface area contributed by atoms with Crippen LogP contribution in [-0.4, -0.2) is 164 Å². The Morgan fingerprint density at radius 3 is 1.33 bits per heavy atom. The van der Waals surface area contributed by atoms with E-state index in [2.05, 4.69) is 292 Å². The molecule has 786 valence electrons. The minimum absolute atomic E-state index is 0.0227. The van der Waals surface area contributed by atoms with E-state index in [0.717, 1.165) is 96.5 Å². The summed E-state index contributed by atoms with van der Waals surface area (Å²) in [6.45, 7) is 54.5. The van der Waals surface area contributed by atoms with Crippen molar-refractivity contribution in [1.29, 1.82) is 0 Å². The highest BCUT2D eigenvalue weighted by molar-refractivity contribution is 7.00. The molecule has 0 radical (unpaired) electrons. The van der Waals surface area contributed by atoms with Crippen molar-refractivity contribution < 1.29 is 84.4 Å². The van der Waals surface area contributed by atoms with Crippen molar-refractivity contribution in [3.05, 3.63) is 325 Å². The Kier molecular flexibility index (Phi) is 42.6. The van der Waals surface area contributed by atoms with E-state index in [1.165, 1.54) is 31.9 Å². The zero-order valence-electron chi connectivity index (χ0n) is 90.8. The predicted molar refractivity (Wildman–Crippen MR) is 591 cm³/mol. The lowest BCUT2D eigenvalue weighted by atomic mass is 9.76. The highest BCUT2D eigenvalue weighted by Gasteiger charge is 2.57. The maximum Gasteiger partial charge on any atom is 0.261 e. The quantitative estimate of drug-likeness (QED) is 0.0152. The van der Waals surface area contributed by atoms with Gasteiger partial charge in [0.1, 0.15) is 36.9 Å². The first kappa shape index (κ1) is 115. The highest BCUT2D eigenvalue weighted by Crippen LogP contribution is 2.48. The Labute approximate surface area is 872 Å². The summed E-state index contributed by atoms with van der Waals surface area (Å²) in [6, 6.07) is 79.6. The first-order valence-corrected chi connectivity index (χ1v) is 59.6. The van der Waals surface area contributed by atoms with E-state index in [1.807, 2.05) is 106 Å². The van der Waals surface area contributed by atoms with Crippen molar-refractivity contribution in [2.24, 2.45) is 10.8 Å². The number of ether oxygens (including phenoxy) is 14. The van der Waals surface area contributed by atoms with Gasteiger partial charge in [-0.15, -0.1) is 0 Å². The van der Waals surface area contributed by atoms with Crippen molar-refractivity contribution >= 4 is 51.5 Å². The van der Waals surface area contributed by atoms with Gasteiger partial charge in [0.15, 0.2) is 14.1 Å². The van der Waals surface area contributed by atoms with Gasteiger partial charge in [0.25, 0.3) is 16.6 Å². The maximum absolute atomic E-state index is 14.2. The van der Waals surface area contributed by atoms with Gasteiger partial charge in [0.05, 0.1) is 114 Å². The molecule has 14 atom stereocenters. The zero-order valence-corrected chi connectivity index (χ0v) is 93.8. The molecule has 0 saturated carbocycles. The standard InChI is InChI=1S/C70H100O11Si2.C54H70O7Si/c1-51-41-58(37-39-69(10,11)70(73-13)66(71)36-35-59(80-70)47-65(81-82(14,15)67(4,5)6)53(3)76-50-74-48-54-25-19-16-20-26-54)78-61(42-51)46-62-44-52(2)43-60(79-62)45-57(75-49-55-31-33-56(72-12)34-32-55)38-40-77-83(68(7,8)9,63-27-21-17-22-28-63)64-29-23-18-24-30-64;1-41-35-47(60-48(36-41)32-34-59-62(53(3,4)5,49-22-14-10-15-23-49)50-24-16-11-17-25-50)31-33-54(6,7)52-26-18-21-46(61-52)37-51(57-39-44-27-29-45(55-8)30-28-44)42(2)58-40-56-38-43-19-12-9-13-20-43/h16-34,37,39,53,57-62,65H,1-2,35-36,38,40-50H2,3-15H3;9-17,19-20,22-31,33,42,46-48,51H,1,18,21,32,34-40H2,2-8H3/b39-37+;33-31+/t53-,57+,58+,59+,60+,61+,62-,65-,70-;42-,46+,47+,48-,51-/m11/s1. The summed E-state index contributed by atoms with van der Waals surface area (Å²) in [5, 5.41) is 4.84. The van der Waals surface area contributed by atoms with E-state index in [-0.39, 0.29) is 119 Å². The van der Waals surface area contributed by atoms with E-state index < -0.39 is 36.2 Å². The predicted octanol–water partition coefficient (Wildman–Crippen LogP) is 25.8. The number of hydrogen-bond acceptors (Lipinski definition) is 18. The molecule has 5 aliphatic rings. The molecule has 0 spiro atoms. The molecule has 8 aromatic rings. The van der Waals surface area contributed by atoms with Crippen LogP contribution in [0.5, 0.6) is 11.5 Å². The number of carbonyl (C=O) groups excluding carboxylic acids is 1. The van der Waals surface area contributed by atoms with E-state index in [0.29, 0.717) is 91.0 Å². The van der Waals surface area contributed by atoms with E-state index in [4.69, 9.17) is 79.6 Å². The summed E-state index contributed by atoms with van der Waals surface area (Å²) < 4.78 is 111. The second-order valence-corrected chi connectivity index (χ2v) is 58.5. The van der Waals surface area contributed by atoms with Crippen LogP contribution in [0.2, 0.25) is 28.2 Å². The molecule has 4 fully saturated rings. The van der Waals surface area contributed by atoms with Crippen molar-refractivity contribution in [1.82, 2.24) is 0 Å². The molecule has 0 bridgehead atoms. The van der Waals surface area contributed by atoms with Crippen LogP contribution >= 0.6 is 0 Å². The molecule has 0 aliphatic carbocycles. The Hall–Kier alpha value is -8.64. The van der Waals surface area contributed by atoms with Crippen molar-refractivity contribution in [2.75, 3.05) is 48.1 Å². The number of Topliss-reactive ketones (excluding diaryl/α,β-unsaturated/α-hetero) is 1. The van der Waals surface area contributed by atoms with Crippen LogP contribution in [-0.2, 0) is 101 Å². The molecule has 145 heavy (non-hydrogen) atoms. The first-order chi connectivity index (χ1) is 69.2. The fourth-order valence-electron chi connectivity index (χ4n) is 20.8. The number of rotatable bonds is 49. The monoisotopic (exact) mass is 2030 g/mol. The third kappa shape index (κ3) is 32.2. The van der Waals surface area contributed by atoms with Gasteiger partial charge in [-0.1, -0.05) is 343 Å². The fourth-order valence-corrected chi connectivity index (χ4v) is 31.3. The largest absolute Gasteiger partial charge is 0.497 e. The highest BCUT2D eigenvalue weighted by atomic mass is 28.4. The van der Waals surface area contributed by atoms with Gasteiger partial charge in [-0.3, -0.25) is 4.79 Å². The van der Waals surface area contributed by atoms with Crippen LogP contribution in [0.25, 0.3) is 0 Å². The summed E-state index contributed by atoms with van der Waals surface area (Å²) in [5.41, 5.74) is 6.64. The zero-order chi connectivity index (χ0) is 104. The van der Waals surface area contributed by atoms with Crippen molar-refractivity contribution in [3.63, 3.8) is 0 Å². The van der Waals surface area contributed by atoms with Gasteiger partial charge >= 0.3 is 0 Å². The van der Waals surface area contributed by atoms with Crippen LogP contribution in [0.1, 0.15) is 229 Å². The molecule has 0 N–H and O–H groups in total. The molecule has 4 saturated heterocycles. The molecule has 0 aromatic heterocycles. The van der Waals surface area contributed by atoms with Crippen molar-refractivity contribution in [3.8, 4) is 11.5 Å². The lowest BCUT2D eigenvalue weighted by Gasteiger charge is -2.48. The molecular formula is C124H170O18Si3. The Bertz CT molecular complexity index is 5270. The van der Waals surface area contributed by atoms with Gasteiger partial charge in [-0.05, 0) is 200 Å². The Morgan fingerprint density at radius 1 is 0.434 bits per heavy atom. The van der Waals surface area contributed by atoms with Crippen LogP contribution in [0.3, 0.4) is 0 Å². The van der Waals surface area contributed by atoms with Crippen LogP contribution < -0.4 is 30.2 Å². The molecule has 21 heteroatoms. The lowest BCUT2D eigenvalue weighted by Crippen LogP contribution is -2.66. The molecular weight excluding hydrogens is 1860 g/mol. The lowest BCUT2D eigenvalue weighted by molar-refractivity contribution is -0.285. The molecule has 13 rings (SSSR count). The number of carbonyl (C=O) groups is 1. The fraction of sp³-hybridized carbons (Fsp3) is 0.508. The number of benzene rings is 8. The van der Waals surface area contributed by atoms with Gasteiger partial charge in [-0.25, -0.2) is 0 Å². The number of methoxy groups -OCH3 is 3. The van der Waals surface area contributed by atoms with Gasteiger partial charge < -0.3 is 79.6 Å². The smallest absolute Gasteiger partial charge is 0.261 e. The summed E-state index contributed by atoms with van der Waals surface area (Å²) in [4.78, 5) is 14.2.